The number of carbonyl (C=O) groups excluding carboxylic acids is 1. The van der Waals surface area contributed by atoms with E-state index in [1.807, 2.05) is 49.4 Å². The largest absolute Gasteiger partial charge is 0.481 e. The van der Waals surface area contributed by atoms with Crippen LogP contribution in [0.4, 0.5) is 0 Å². The zero-order valence-electron chi connectivity index (χ0n) is 11.6. The number of fused-ring (bicyclic) bond motifs is 1. The molecule has 0 heterocycles. The van der Waals surface area contributed by atoms with Crippen LogP contribution in [0.15, 0.2) is 42.5 Å². The van der Waals surface area contributed by atoms with Gasteiger partial charge in [0.15, 0.2) is 0 Å². The van der Waals surface area contributed by atoms with E-state index in [2.05, 4.69) is 0 Å². The van der Waals surface area contributed by atoms with Gasteiger partial charge >= 0.3 is 5.97 Å². The molecule has 0 atom stereocenters. The first kappa shape index (κ1) is 15.7. The Hall–Kier alpha value is -2.36. The summed E-state index contributed by atoms with van der Waals surface area (Å²) in [5.74, 6) is -0.351. The van der Waals surface area contributed by atoms with Gasteiger partial charge in [0, 0.05) is 18.7 Å². The number of rotatable bonds is 3. The maximum atomic E-state index is 11.4. The predicted octanol–water partition coefficient (Wildman–Crippen LogP) is 3.64. The highest BCUT2D eigenvalue weighted by Gasteiger charge is 2.06. The number of ether oxygens (including phenoxy) is 1. The molecule has 0 saturated carbocycles. The van der Waals surface area contributed by atoms with E-state index in [1.54, 1.807) is 0 Å². The van der Waals surface area contributed by atoms with Crippen LogP contribution in [0.2, 0.25) is 0 Å². The third-order valence-electron chi connectivity index (χ3n) is 2.43. The zero-order valence-corrected chi connectivity index (χ0v) is 11.6. The summed E-state index contributed by atoms with van der Waals surface area (Å²) in [4.78, 5) is 20.4. The minimum atomic E-state index is -0.833. The lowest BCUT2D eigenvalue weighted by atomic mass is 10.1. The molecule has 0 radical (unpaired) electrons. The second kappa shape index (κ2) is 7.94. The summed E-state index contributed by atoms with van der Waals surface area (Å²) >= 11 is 0. The first-order valence-electron chi connectivity index (χ1n) is 6.42. The lowest BCUT2D eigenvalue weighted by molar-refractivity contribution is -0.135. The van der Waals surface area contributed by atoms with Crippen molar-refractivity contribution in [3.63, 3.8) is 0 Å². The van der Waals surface area contributed by atoms with E-state index in [1.165, 1.54) is 0 Å². The Morgan fingerprint density at radius 3 is 2.35 bits per heavy atom. The van der Waals surface area contributed by atoms with E-state index >= 15 is 0 Å². The summed E-state index contributed by atoms with van der Waals surface area (Å²) in [5.41, 5.74) is 0. The van der Waals surface area contributed by atoms with E-state index in [9.17, 15) is 4.79 Å². The van der Waals surface area contributed by atoms with Crippen molar-refractivity contribution in [3.05, 3.63) is 42.5 Å². The monoisotopic (exact) mass is 274 g/mol. The Labute approximate surface area is 118 Å². The van der Waals surface area contributed by atoms with Gasteiger partial charge in [-0.1, -0.05) is 43.3 Å². The number of esters is 1. The van der Waals surface area contributed by atoms with Crippen LogP contribution in [-0.2, 0) is 9.59 Å². The van der Waals surface area contributed by atoms with Crippen LogP contribution >= 0.6 is 0 Å². The molecule has 4 heteroatoms. The molecule has 0 saturated heterocycles. The number of carboxylic acid groups (broad SMARTS) is 1. The molecule has 4 nitrogen and oxygen atoms in total. The predicted molar refractivity (Wildman–Crippen MR) is 77.8 cm³/mol. The molecular formula is C16H18O4. The highest BCUT2D eigenvalue weighted by atomic mass is 16.5. The van der Waals surface area contributed by atoms with Crippen molar-refractivity contribution in [3.8, 4) is 5.75 Å². The molecule has 2 aromatic carbocycles. The number of carboxylic acids is 1. The van der Waals surface area contributed by atoms with E-state index < -0.39 is 5.97 Å². The summed E-state index contributed by atoms with van der Waals surface area (Å²) in [7, 11) is 0. The smallest absolute Gasteiger partial charge is 0.311 e. The number of hydrogen-bond acceptors (Lipinski definition) is 3. The van der Waals surface area contributed by atoms with Gasteiger partial charge in [-0.25, -0.2) is 0 Å². The van der Waals surface area contributed by atoms with Crippen LogP contribution in [0.25, 0.3) is 10.8 Å². The van der Waals surface area contributed by atoms with Crippen LogP contribution in [-0.4, -0.2) is 17.0 Å². The van der Waals surface area contributed by atoms with Crippen LogP contribution in [0, 0.1) is 0 Å². The van der Waals surface area contributed by atoms with Gasteiger partial charge in [-0.2, -0.15) is 0 Å². The van der Waals surface area contributed by atoms with Crippen LogP contribution < -0.4 is 4.74 Å². The molecule has 0 amide bonds. The molecule has 0 aliphatic heterocycles. The first-order chi connectivity index (χ1) is 9.54. The summed E-state index contributed by atoms with van der Waals surface area (Å²) < 4.78 is 5.33. The first-order valence-corrected chi connectivity index (χ1v) is 6.42. The number of benzene rings is 2. The van der Waals surface area contributed by atoms with Crippen molar-refractivity contribution < 1.29 is 19.4 Å². The van der Waals surface area contributed by atoms with Crippen molar-refractivity contribution >= 4 is 22.7 Å². The molecule has 0 aliphatic rings. The second-order valence-electron chi connectivity index (χ2n) is 4.22. The van der Waals surface area contributed by atoms with Gasteiger partial charge in [0.2, 0.25) is 0 Å². The topological polar surface area (TPSA) is 63.6 Å². The van der Waals surface area contributed by atoms with E-state index in [4.69, 9.17) is 14.6 Å². The number of carbonyl (C=O) groups is 2. The lowest BCUT2D eigenvalue weighted by Crippen LogP contribution is -2.06. The molecule has 0 fully saturated rings. The molecule has 2 rings (SSSR count). The highest BCUT2D eigenvalue weighted by molar-refractivity contribution is 5.90. The molecule has 2 aromatic rings. The van der Waals surface area contributed by atoms with Gasteiger partial charge in [-0.05, 0) is 17.9 Å². The average Bonchev–Trinajstić information content (AvgIpc) is 2.39. The molecule has 106 valence electrons. The van der Waals surface area contributed by atoms with E-state index in [-0.39, 0.29) is 5.97 Å². The van der Waals surface area contributed by atoms with Crippen molar-refractivity contribution in [1.29, 1.82) is 0 Å². The molecule has 0 aliphatic carbocycles. The average molecular weight is 274 g/mol. The summed E-state index contributed by atoms with van der Waals surface area (Å²) in [5, 5.41) is 9.48. The normalized spacial score (nSPS) is 9.50. The van der Waals surface area contributed by atoms with Gasteiger partial charge in [-0.3, -0.25) is 9.59 Å². The third kappa shape index (κ3) is 5.10. The summed E-state index contributed by atoms with van der Waals surface area (Å²) in [6, 6.07) is 13.6. The maximum absolute atomic E-state index is 11.4. The second-order valence-corrected chi connectivity index (χ2v) is 4.22. The molecule has 0 aromatic heterocycles. The van der Waals surface area contributed by atoms with Crippen molar-refractivity contribution in [2.45, 2.75) is 26.7 Å². The standard InChI is InChI=1S/C14H14O2.C2H4O2/c1-2-6-14(15)16-13-10-5-8-11-7-3-4-9-12(11)13;1-2(3)4/h3-5,7-10H,2,6H2,1H3;1H3,(H,3,4). The lowest BCUT2D eigenvalue weighted by Gasteiger charge is -2.06. The Morgan fingerprint density at radius 1 is 1.10 bits per heavy atom. The van der Waals surface area contributed by atoms with Crippen molar-refractivity contribution in [1.82, 2.24) is 0 Å². The van der Waals surface area contributed by atoms with Gasteiger partial charge in [-0.15, -0.1) is 0 Å². The van der Waals surface area contributed by atoms with Crippen molar-refractivity contribution in [2.24, 2.45) is 0 Å². The minimum Gasteiger partial charge on any atom is -0.481 e. The summed E-state index contributed by atoms with van der Waals surface area (Å²) in [6.45, 7) is 3.05. The Bertz CT molecular complexity index is 581. The SMILES string of the molecule is CC(=O)O.CCCC(=O)Oc1cccc2ccccc12. The van der Waals surface area contributed by atoms with E-state index in [0.29, 0.717) is 12.2 Å². The fourth-order valence-electron chi connectivity index (χ4n) is 1.66. The molecular weight excluding hydrogens is 256 g/mol. The quantitative estimate of drug-likeness (QED) is 0.685. The van der Waals surface area contributed by atoms with E-state index in [0.717, 1.165) is 24.1 Å². The van der Waals surface area contributed by atoms with Gasteiger partial charge in [0.25, 0.3) is 5.97 Å². The van der Waals surface area contributed by atoms with Crippen molar-refractivity contribution in [2.75, 3.05) is 0 Å². The van der Waals surface area contributed by atoms with Crippen LogP contribution in [0.5, 0.6) is 5.75 Å². The Balaban J connectivity index is 0.000000444. The number of hydrogen-bond donors (Lipinski definition) is 1. The van der Waals surface area contributed by atoms with Crippen LogP contribution in [0.3, 0.4) is 0 Å². The van der Waals surface area contributed by atoms with Gasteiger partial charge in [0.1, 0.15) is 5.75 Å². The van der Waals surface area contributed by atoms with Gasteiger partial charge in [0.05, 0.1) is 0 Å². The Kier molecular flexibility index (Phi) is 6.23. The molecule has 0 bridgehead atoms. The minimum absolute atomic E-state index is 0.168. The molecule has 0 spiro atoms. The zero-order chi connectivity index (χ0) is 15.0. The summed E-state index contributed by atoms with van der Waals surface area (Å²) in [6.07, 6.45) is 1.27. The number of aliphatic carboxylic acids is 1. The molecule has 1 N–H and O–H groups in total. The highest BCUT2D eigenvalue weighted by Crippen LogP contribution is 2.25. The molecule has 20 heavy (non-hydrogen) atoms. The fraction of sp³-hybridized carbons (Fsp3) is 0.250. The third-order valence-corrected chi connectivity index (χ3v) is 2.43. The van der Waals surface area contributed by atoms with Crippen LogP contribution in [0.1, 0.15) is 26.7 Å². The van der Waals surface area contributed by atoms with Gasteiger partial charge < -0.3 is 9.84 Å². The maximum Gasteiger partial charge on any atom is 0.311 e. The molecule has 0 unspecified atom stereocenters. The fourth-order valence-corrected chi connectivity index (χ4v) is 1.66. The Morgan fingerprint density at radius 2 is 1.70 bits per heavy atom.